The third-order valence-corrected chi connectivity index (χ3v) is 2.35. The maximum absolute atomic E-state index is 5.54. The molecule has 1 heterocycles. The highest BCUT2D eigenvalue weighted by Crippen LogP contribution is 2.29. The molecule has 1 aliphatic carbocycles. The van der Waals surface area contributed by atoms with Gasteiger partial charge < -0.3 is 4.74 Å². The van der Waals surface area contributed by atoms with E-state index in [1.165, 1.54) is 12.8 Å². The summed E-state index contributed by atoms with van der Waals surface area (Å²) in [6.07, 6.45) is 6.16. The van der Waals surface area contributed by atoms with E-state index in [-0.39, 0.29) is 0 Å². The van der Waals surface area contributed by atoms with Crippen LogP contribution in [0.2, 0.25) is 0 Å². The van der Waals surface area contributed by atoms with E-state index in [0.29, 0.717) is 5.92 Å². The van der Waals surface area contributed by atoms with Gasteiger partial charge in [0, 0.05) is 5.92 Å². The summed E-state index contributed by atoms with van der Waals surface area (Å²) in [7, 11) is 0. The van der Waals surface area contributed by atoms with Crippen molar-refractivity contribution in [2.75, 3.05) is 6.61 Å². The second kappa shape index (κ2) is 3.95. The van der Waals surface area contributed by atoms with Gasteiger partial charge >= 0.3 is 0 Å². The Morgan fingerprint density at radius 3 is 2.50 bits per heavy atom. The Morgan fingerprint density at radius 2 is 2.00 bits per heavy atom. The van der Waals surface area contributed by atoms with Gasteiger partial charge in [-0.2, -0.15) is 0 Å². The lowest BCUT2D eigenvalue weighted by atomic mass is 10.2. The van der Waals surface area contributed by atoms with Crippen LogP contribution in [-0.2, 0) is 0 Å². The van der Waals surface area contributed by atoms with E-state index in [9.17, 15) is 0 Å². The minimum atomic E-state index is 0.382. The molecule has 0 atom stereocenters. The normalized spacial score (nSPS) is 15.9. The zero-order chi connectivity index (χ0) is 9.97. The van der Waals surface area contributed by atoms with Crippen molar-refractivity contribution in [3.05, 3.63) is 18.2 Å². The first kappa shape index (κ1) is 9.44. The Kier molecular flexibility index (Phi) is 2.66. The van der Waals surface area contributed by atoms with Crippen molar-refractivity contribution in [1.29, 1.82) is 0 Å². The molecule has 0 radical (unpaired) electrons. The predicted octanol–water partition coefficient (Wildman–Crippen LogP) is 2.39. The minimum absolute atomic E-state index is 0.382. The summed E-state index contributed by atoms with van der Waals surface area (Å²) in [6, 6.07) is 0. The third-order valence-electron chi connectivity index (χ3n) is 2.35. The van der Waals surface area contributed by atoms with Crippen molar-refractivity contribution in [3.63, 3.8) is 0 Å². The third kappa shape index (κ3) is 2.44. The molecule has 1 saturated carbocycles. The highest BCUT2D eigenvalue weighted by atomic mass is 16.5. The molecule has 0 aromatic carbocycles. The van der Waals surface area contributed by atoms with Gasteiger partial charge in [0.2, 0.25) is 0 Å². The van der Waals surface area contributed by atoms with Gasteiger partial charge in [0.1, 0.15) is 5.82 Å². The van der Waals surface area contributed by atoms with Crippen LogP contribution in [0.5, 0.6) is 5.75 Å². The molecule has 1 aromatic heterocycles. The fraction of sp³-hybridized carbons (Fsp3) is 0.636. The summed E-state index contributed by atoms with van der Waals surface area (Å²) in [4.78, 5) is 8.48. The molecule has 1 aliphatic rings. The lowest BCUT2D eigenvalue weighted by Gasteiger charge is -2.06. The van der Waals surface area contributed by atoms with Crippen LogP contribution in [-0.4, -0.2) is 16.6 Å². The lowest BCUT2D eigenvalue weighted by molar-refractivity contribution is 0.297. The average molecular weight is 192 g/mol. The average Bonchev–Trinajstić information content (AvgIpc) is 2.99. The molecule has 0 aliphatic heterocycles. The summed E-state index contributed by atoms with van der Waals surface area (Å²) in [5.41, 5.74) is 0. The van der Waals surface area contributed by atoms with Gasteiger partial charge in [-0.25, -0.2) is 9.97 Å². The molecule has 0 amide bonds. The van der Waals surface area contributed by atoms with Gasteiger partial charge in [0.05, 0.1) is 19.0 Å². The summed E-state index contributed by atoms with van der Waals surface area (Å²) in [5, 5.41) is 0. The maximum atomic E-state index is 5.54. The van der Waals surface area contributed by atoms with Crippen LogP contribution < -0.4 is 4.74 Å². The molecule has 3 nitrogen and oxygen atoms in total. The molecule has 76 valence electrons. The fourth-order valence-corrected chi connectivity index (χ4v) is 1.20. The van der Waals surface area contributed by atoms with E-state index in [1.54, 1.807) is 12.4 Å². The molecule has 14 heavy (non-hydrogen) atoms. The van der Waals surface area contributed by atoms with E-state index in [2.05, 4.69) is 23.8 Å². The zero-order valence-corrected chi connectivity index (χ0v) is 8.73. The van der Waals surface area contributed by atoms with Gasteiger partial charge in [-0.3, -0.25) is 0 Å². The highest BCUT2D eigenvalue weighted by molar-refractivity contribution is 5.13. The van der Waals surface area contributed by atoms with Crippen molar-refractivity contribution >= 4 is 0 Å². The standard InChI is InChI=1S/C11H16N2O/c1-8(2)11-12-5-10(6-13-11)14-7-9-3-4-9/h5-6,8-9H,3-4,7H2,1-2H3. The van der Waals surface area contributed by atoms with Crippen molar-refractivity contribution in [2.24, 2.45) is 5.92 Å². The predicted molar refractivity (Wildman–Crippen MR) is 54.3 cm³/mol. The molecule has 1 aromatic rings. The second-order valence-electron chi connectivity index (χ2n) is 4.19. The largest absolute Gasteiger partial charge is 0.490 e. The van der Waals surface area contributed by atoms with Crippen LogP contribution in [0.4, 0.5) is 0 Å². The monoisotopic (exact) mass is 192 g/mol. The summed E-state index contributed by atoms with van der Waals surface area (Å²) < 4.78 is 5.54. The van der Waals surface area contributed by atoms with Crippen LogP contribution in [0.25, 0.3) is 0 Å². The zero-order valence-electron chi connectivity index (χ0n) is 8.73. The van der Waals surface area contributed by atoms with E-state index < -0.39 is 0 Å². The minimum Gasteiger partial charge on any atom is -0.490 e. The molecule has 0 spiro atoms. The molecule has 0 unspecified atom stereocenters. The van der Waals surface area contributed by atoms with Crippen LogP contribution >= 0.6 is 0 Å². The van der Waals surface area contributed by atoms with E-state index in [1.807, 2.05) is 0 Å². The fourth-order valence-electron chi connectivity index (χ4n) is 1.20. The first-order valence-electron chi connectivity index (χ1n) is 5.20. The Bertz CT molecular complexity index is 291. The first-order chi connectivity index (χ1) is 6.75. The number of hydrogen-bond donors (Lipinski definition) is 0. The van der Waals surface area contributed by atoms with Crippen LogP contribution in [0.3, 0.4) is 0 Å². The van der Waals surface area contributed by atoms with Gasteiger partial charge in [-0.05, 0) is 18.8 Å². The summed E-state index contributed by atoms with van der Waals surface area (Å²) >= 11 is 0. The van der Waals surface area contributed by atoms with E-state index in [0.717, 1.165) is 24.1 Å². The second-order valence-corrected chi connectivity index (χ2v) is 4.19. The van der Waals surface area contributed by atoms with Crippen molar-refractivity contribution in [1.82, 2.24) is 9.97 Å². The number of rotatable bonds is 4. The molecule has 1 fully saturated rings. The molecular weight excluding hydrogens is 176 g/mol. The maximum Gasteiger partial charge on any atom is 0.155 e. The van der Waals surface area contributed by atoms with Gasteiger partial charge in [0.25, 0.3) is 0 Å². The molecule has 2 rings (SSSR count). The Balaban J connectivity index is 1.91. The van der Waals surface area contributed by atoms with Crippen LogP contribution in [0.1, 0.15) is 38.4 Å². The smallest absolute Gasteiger partial charge is 0.155 e. The topological polar surface area (TPSA) is 35.0 Å². The summed E-state index contributed by atoms with van der Waals surface area (Å²) in [6.45, 7) is 4.99. The van der Waals surface area contributed by atoms with Crippen LogP contribution in [0.15, 0.2) is 12.4 Å². The summed E-state index contributed by atoms with van der Waals surface area (Å²) in [5.74, 6) is 2.83. The lowest BCUT2D eigenvalue weighted by Crippen LogP contribution is -2.02. The van der Waals surface area contributed by atoms with Gasteiger partial charge in [0.15, 0.2) is 5.75 Å². The first-order valence-corrected chi connectivity index (χ1v) is 5.20. The van der Waals surface area contributed by atoms with E-state index >= 15 is 0 Å². The Hall–Kier alpha value is -1.12. The molecule has 0 saturated heterocycles. The number of nitrogens with zero attached hydrogens (tertiary/aromatic N) is 2. The number of ether oxygens (including phenoxy) is 1. The van der Waals surface area contributed by atoms with Crippen molar-refractivity contribution in [3.8, 4) is 5.75 Å². The van der Waals surface area contributed by atoms with Crippen LogP contribution in [0, 0.1) is 5.92 Å². The Labute approximate surface area is 84.5 Å². The van der Waals surface area contributed by atoms with Gasteiger partial charge in [-0.15, -0.1) is 0 Å². The highest BCUT2D eigenvalue weighted by Gasteiger charge is 2.21. The molecule has 0 N–H and O–H groups in total. The van der Waals surface area contributed by atoms with Crippen molar-refractivity contribution in [2.45, 2.75) is 32.6 Å². The number of hydrogen-bond acceptors (Lipinski definition) is 3. The number of aromatic nitrogens is 2. The molecule has 0 bridgehead atoms. The Morgan fingerprint density at radius 1 is 1.36 bits per heavy atom. The SMILES string of the molecule is CC(C)c1ncc(OCC2CC2)cn1. The van der Waals surface area contributed by atoms with E-state index in [4.69, 9.17) is 4.74 Å². The molecule has 3 heteroatoms. The quantitative estimate of drug-likeness (QED) is 0.734. The van der Waals surface area contributed by atoms with Gasteiger partial charge in [-0.1, -0.05) is 13.8 Å². The molecular formula is C11H16N2O. The van der Waals surface area contributed by atoms with Crippen molar-refractivity contribution < 1.29 is 4.74 Å².